The van der Waals surface area contributed by atoms with Gasteiger partial charge in [-0.25, -0.2) is 0 Å². The molecule has 4 nitrogen and oxygen atoms in total. The normalized spacial score (nSPS) is 31.6. The zero-order valence-electron chi connectivity index (χ0n) is 12.3. The average molecular weight is 292 g/mol. The highest BCUT2D eigenvalue weighted by molar-refractivity contribution is 5.13. The first-order valence-electron chi connectivity index (χ1n) is 7.86. The summed E-state index contributed by atoms with van der Waals surface area (Å²) in [5, 5.41) is 20.8. The minimum atomic E-state index is -0.863. The summed E-state index contributed by atoms with van der Waals surface area (Å²) < 4.78 is 11.2. The predicted molar refractivity (Wildman–Crippen MR) is 78.5 cm³/mol. The van der Waals surface area contributed by atoms with Crippen LogP contribution in [0, 0.1) is 5.41 Å². The van der Waals surface area contributed by atoms with E-state index < -0.39 is 23.9 Å². The Morgan fingerprint density at radius 1 is 1.10 bits per heavy atom. The van der Waals surface area contributed by atoms with E-state index >= 15 is 0 Å². The Morgan fingerprint density at radius 2 is 1.81 bits per heavy atom. The monoisotopic (exact) mass is 292 g/mol. The maximum absolute atomic E-state index is 10.6. The zero-order valence-corrected chi connectivity index (χ0v) is 12.3. The van der Waals surface area contributed by atoms with E-state index in [1.165, 1.54) is 6.42 Å². The third-order valence-electron chi connectivity index (χ3n) is 4.91. The van der Waals surface area contributed by atoms with Gasteiger partial charge in [-0.2, -0.15) is 0 Å². The summed E-state index contributed by atoms with van der Waals surface area (Å²) in [6.07, 6.45) is 3.03. The third-order valence-corrected chi connectivity index (χ3v) is 4.91. The lowest BCUT2D eigenvalue weighted by Gasteiger charge is -2.37. The van der Waals surface area contributed by atoms with Crippen LogP contribution in [0.5, 0.6) is 0 Å². The molecule has 2 aliphatic rings. The number of hydrogen-bond acceptors (Lipinski definition) is 4. The van der Waals surface area contributed by atoms with Crippen molar-refractivity contribution in [2.75, 3.05) is 6.61 Å². The van der Waals surface area contributed by atoms with Crippen LogP contribution in [0.1, 0.15) is 37.7 Å². The van der Waals surface area contributed by atoms with Gasteiger partial charge in [0.05, 0.1) is 19.3 Å². The molecule has 0 bridgehead atoms. The molecule has 0 aromatic heterocycles. The highest BCUT2D eigenvalue weighted by Crippen LogP contribution is 2.48. The molecule has 1 aliphatic carbocycles. The number of ether oxygens (including phenoxy) is 2. The maximum Gasteiger partial charge on any atom is 0.163 e. The van der Waals surface area contributed by atoms with E-state index in [-0.39, 0.29) is 0 Å². The molecule has 4 heteroatoms. The highest BCUT2D eigenvalue weighted by Gasteiger charge is 2.55. The maximum atomic E-state index is 10.6. The van der Waals surface area contributed by atoms with E-state index in [0.717, 1.165) is 31.2 Å². The van der Waals surface area contributed by atoms with Crippen LogP contribution in [0.25, 0.3) is 0 Å². The van der Waals surface area contributed by atoms with Crippen LogP contribution in [-0.2, 0) is 16.1 Å². The number of aliphatic hydroxyl groups excluding tert-OH is 2. The molecular weight excluding hydrogens is 268 g/mol. The molecule has 0 unspecified atom stereocenters. The van der Waals surface area contributed by atoms with Crippen molar-refractivity contribution in [3.63, 3.8) is 0 Å². The molecule has 1 saturated heterocycles. The fourth-order valence-electron chi connectivity index (χ4n) is 3.64. The molecule has 2 N–H and O–H groups in total. The van der Waals surface area contributed by atoms with Crippen LogP contribution in [0.3, 0.4) is 0 Å². The lowest BCUT2D eigenvalue weighted by Crippen LogP contribution is -2.43. The molecule has 0 radical (unpaired) electrons. The van der Waals surface area contributed by atoms with Gasteiger partial charge in [-0.05, 0) is 18.4 Å². The second-order valence-corrected chi connectivity index (χ2v) is 6.27. The van der Waals surface area contributed by atoms with Gasteiger partial charge in [0.1, 0.15) is 6.10 Å². The minimum Gasteiger partial charge on any atom is -0.390 e. The van der Waals surface area contributed by atoms with Gasteiger partial charge in [0.25, 0.3) is 0 Å². The fourth-order valence-corrected chi connectivity index (χ4v) is 3.64. The number of aliphatic hydroxyl groups is 2. The Morgan fingerprint density at radius 3 is 2.52 bits per heavy atom. The lowest BCUT2D eigenvalue weighted by molar-refractivity contribution is -0.152. The summed E-state index contributed by atoms with van der Waals surface area (Å²) in [5.41, 5.74) is 0.622. The van der Waals surface area contributed by atoms with E-state index in [1.807, 2.05) is 30.3 Å². The van der Waals surface area contributed by atoms with Crippen LogP contribution in [0.15, 0.2) is 30.3 Å². The molecule has 116 valence electrons. The van der Waals surface area contributed by atoms with Crippen LogP contribution in [-0.4, -0.2) is 35.3 Å². The van der Waals surface area contributed by atoms with Crippen molar-refractivity contribution in [2.24, 2.45) is 5.41 Å². The van der Waals surface area contributed by atoms with Crippen molar-refractivity contribution in [1.82, 2.24) is 0 Å². The van der Waals surface area contributed by atoms with Gasteiger partial charge in [-0.15, -0.1) is 0 Å². The summed E-state index contributed by atoms with van der Waals surface area (Å²) in [7, 11) is 0. The second kappa shape index (κ2) is 6.44. The van der Waals surface area contributed by atoms with Crippen molar-refractivity contribution in [1.29, 1.82) is 0 Å². The van der Waals surface area contributed by atoms with Crippen LogP contribution in [0.4, 0.5) is 0 Å². The third kappa shape index (κ3) is 2.99. The predicted octanol–water partition coefficient (Wildman–Crippen LogP) is 2.23. The Balaban J connectivity index is 1.55. The van der Waals surface area contributed by atoms with Crippen LogP contribution < -0.4 is 0 Å². The van der Waals surface area contributed by atoms with E-state index in [2.05, 4.69) is 0 Å². The molecular formula is C17H24O4. The van der Waals surface area contributed by atoms with Gasteiger partial charge in [-0.1, -0.05) is 49.6 Å². The molecule has 0 amide bonds. The standard InChI is InChI=1S/C17H24O4/c18-15-14(12-20-11-13-7-3-1-4-8-13)21-16(19)17(15)9-5-2-6-10-17/h1,3-4,7-8,14-16,18-19H,2,5-6,9-12H2/t14-,15-,16+/m1/s1. The zero-order chi connectivity index (χ0) is 14.7. The molecule has 1 aromatic carbocycles. The topological polar surface area (TPSA) is 58.9 Å². The molecule has 1 spiro atoms. The molecule has 1 heterocycles. The van der Waals surface area contributed by atoms with Gasteiger partial charge in [-0.3, -0.25) is 0 Å². The number of benzene rings is 1. The SMILES string of the molecule is O[C@@H]1[C@@H](COCc2ccccc2)O[C@H](O)C12CCCCC2. The summed E-state index contributed by atoms with van der Waals surface area (Å²) in [6, 6.07) is 9.92. The van der Waals surface area contributed by atoms with Crippen molar-refractivity contribution < 1.29 is 19.7 Å². The first-order chi connectivity index (χ1) is 10.2. The van der Waals surface area contributed by atoms with Crippen molar-refractivity contribution in [3.05, 3.63) is 35.9 Å². The van der Waals surface area contributed by atoms with Gasteiger partial charge in [0.2, 0.25) is 0 Å². The Hall–Kier alpha value is -0.940. The summed E-state index contributed by atoms with van der Waals surface area (Å²) in [4.78, 5) is 0. The van der Waals surface area contributed by atoms with Crippen molar-refractivity contribution >= 4 is 0 Å². The molecule has 1 saturated carbocycles. The van der Waals surface area contributed by atoms with Gasteiger partial charge >= 0.3 is 0 Å². The van der Waals surface area contributed by atoms with Crippen molar-refractivity contribution in [2.45, 2.75) is 57.2 Å². The molecule has 3 rings (SSSR count). The number of rotatable bonds is 4. The quantitative estimate of drug-likeness (QED) is 0.893. The van der Waals surface area contributed by atoms with Gasteiger partial charge < -0.3 is 19.7 Å². The van der Waals surface area contributed by atoms with Crippen molar-refractivity contribution in [3.8, 4) is 0 Å². The first kappa shape index (κ1) is 15.0. The largest absolute Gasteiger partial charge is 0.390 e. The highest BCUT2D eigenvalue weighted by atomic mass is 16.6. The molecule has 21 heavy (non-hydrogen) atoms. The Bertz CT molecular complexity index is 441. The molecule has 1 aromatic rings. The van der Waals surface area contributed by atoms with Crippen LogP contribution in [0.2, 0.25) is 0 Å². The average Bonchev–Trinajstić information content (AvgIpc) is 2.74. The minimum absolute atomic E-state index is 0.314. The summed E-state index contributed by atoms with van der Waals surface area (Å²) in [6.45, 7) is 0.811. The summed E-state index contributed by atoms with van der Waals surface area (Å²) in [5.74, 6) is 0. The van der Waals surface area contributed by atoms with E-state index in [4.69, 9.17) is 9.47 Å². The van der Waals surface area contributed by atoms with E-state index in [9.17, 15) is 10.2 Å². The molecule has 1 aliphatic heterocycles. The summed E-state index contributed by atoms with van der Waals surface area (Å²) >= 11 is 0. The number of hydrogen-bond donors (Lipinski definition) is 2. The Kier molecular flexibility index (Phi) is 4.60. The first-order valence-corrected chi connectivity index (χ1v) is 7.86. The fraction of sp³-hybridized carbons (Fsp3) is 0.647. The van der Waals surface area contributed by atoms with E-state index in [1.54, 1.807) is 0 Å². The van der Waals surface area contributed by atoms with Gasteiger partial charge in [0.15, 0.2) is 6.29 Å². The van der Waals surface area contributed by atoms with Gasteiger partial charge in [0, 0.05) is 5.41 Å². The lowest BCUT2D eigenvalue weighted by atomic mass is 9.70. The second-order valence-electron chi connectivity index (χ2n) is 6.27. The van der Waals surface area contributed by atoms with E-state index in [0.29, 0.717) is 13.2 Å². The molecule has 3 atom stereocenters. The smallest absolute Gasteiger partial charge is 0.163 e. The van der Waals surface area contributed by atoms with Crippen LogP contribution >= 0.6 is 0 Å². The molecule has 2 fully saturated rings. The Labute approximate surface area is 125 Å².